The van der Waals surface area contributed by atoms with Gasteiger partial charge in [-0.1, -0.05) is 23.1 Å². The number of hydrogen-bond acceptors (Lipinski definition) is 7. The molecule has 0 saturated carbocycles. The minimum absolute atomic E-state index is 0.120. The summed E-state index contributed by atoms with van der Waals surface area (Å²) in [5, 5.41) is 12.1. The molecular formula is C11H12BrN3OS3. The van der Waals surface area contributed by atoms with E-state index >= 15 is 0 Å². The SMILES string of the molecule is CC(C)Nc1nnc(SCC(=O)c2ccc(Br)s2)s1. The predicted molar refractivity (Wildman–Crippen MR) is 85.7 cm³/mol. The fourth-order valence-corrected chi connectivity index (χ4v) is 4.43. The summed E-state index contributed by atoms with van der Waals surface area (Å²) in [7, 11) is 0. The third-order valence-electron chi connectivity index (χ3n) is 1.99. The molecule has 0 unspecified atom stereocenters. The Bertz CT molecular complexity index is 567. The highest BCUT2D eigenvalue weighted by atomic mass is 79.9. The second-order valence-corrected chi connectivity index (χ2v) is 8.65. The lowest BCUT2D eigenvalue weighted by atomic mass is 10.4. The molecule has 2 aromatic rings. The molecule has 2 rings (SSSR count). The first-order valence-electron chi connectivity index (χ1n) is 5.56. The molecule has 0 bridgehead atoms. The number of ketones is 1. The fraction of sp³-hybridized carbons (Fsp3) is 0.364. The highest BCUT2D eigenvalue weighted by Crippen LogP contribution is 2.28. The van der Waals surface area contributed by atoms with Gasteiger partial charge in [0, 0.05) is 6.04 Å². The molecule has 8 heteroatoms. The van der Waals surface area contributed by atoms with Crippen molar-refractivity contribution in [2.24, 2.45) is 0 Å². The fourth-order valence-electron chi connectivity index (χ4n) is 1.24. The number of halogens is 1. The topological polar surface area (TPSA) is 54.9 Å². The van der Waals surface area contributed by atoms with Crippen LogP contribution >= 0.6 is 50.4 Å². The van der Waals surface area contributed by atoms with Gasteiger partial charge in [0.25, 0.3) is 0 Å². The smallest absolute Gasteiger partial charge is 0.206 e. The summed E-state index contributed by atoms with van der Waals surface area (Å²) in [6.07, 6.45) is 0. The summed E-state index contributed by atoms with van der Waals surface area (Å²) < 4.78 is 1.78. The van der Waals surface area contributed by atoms with Crippen molar-refractivity contribution in [1.82, 2.24) is 10.2 Å². The minimum Gasteiger partial charge on any atom is -0.358 e. The number of Topliss-reactive ketones (excluding diaryl/α,β-unsaturated/α-hetero) is 1. The van der Waals surface area contributed by atoms with Gasteiger partial charge in [-0.25, -0.2) is 0 Å². The van der Waals surface area contributed by atoms with Crippen LogP contribution in [0.4, 0.5) is 5.13 Å². The molecule has 102 valence electrons. The lowest BCUT2D eigenvalue weighted by Crippen LogP contribution is -2.08. The molecule has 0 radical (unpaired) electrons. The van der Waals surface area contributed by atoms with Gasteiger partial charge in [0.15, 0.2) is 10.1 Å². The maximum atomic E-state index is 11.9. The lowest BCUT2D eigenvalue weighted by molar-refractivity contribution is 0.102. The zero-order valence-corrected chi connectivity index (χ0v) is 14.4. The standard InChI is InChI=1S/C11H12BrN3OS3/c1-6(2)13-10-14-15-11(19-10)17-5-7(16)8-3-4-9(12)18-8/h3-4,6H,5H2,1-2H3,(H,13,14). The summed E-state index contributed by atoms with van der Waals surface area (Å²) in [5.41, 5.74) is 0. The molecule has 0 aromatic carbocycles. The first-order valence-corrected chi connectivity index (χ1v) is 8.97. The molecule has 0 fully saturated rings. The molecular weight excluding hydrogens is 366 g/mol. The number of carbonyl (C=O) groups is 1. The van der Waals surface area contributed by atoms with E-state index in [0.717, 1.165) is 18.1 Å². The van der Waals surface area contributed by atoms with E-state index in [1.165, 1.54) is 34.4 Å². The zero-order chi connectivity index (χ0) is 13.8. The Hall–Kier alpha value is -0.440. The van der Waals surface area contributed by atoms with E-state index in [-0.39, 0.29) is 5.78 Å². The number of thioether (sulfide) groups is 1. The number of aromatic nitrogens is 2. The molecule has 19 heavy (non-hydrogen) atoms. The summed E-state index contributed by atoms with van der Waals surface area (Å²) in [6.45, 7) is 4.10. The van der Waals surface area contributed by atoms with E-state index < -0.39 is 0 Å². The van der Waals surface area contributed by atoms with Crippen LogP contribution in [0.1, 0.15) is 23.5 Å². The first-order chi connectivity index (χ1) is 9.04. The first kappa shape index (κ1) is 15.0. The Balaban J connectivity index is 1.88. The molecule has 2 aromatic heterocycles. The van der Waals surface area contributed by atoms with Crippen LogP contribution < -0.4 is 5.32 Å². The van der Waals surface area contributed by atoms with Crippen molar-refractivity contribution in [1.29, 1.82) is 0 Å². The maximum Gasteiger partial charge on any atom is 0.206 e. The summed E-state index contributed by atoms with van der Waals surface area (Å²) in [4.78, 5) is 12.7. The summed E-state index contributed by atoms with van der Waals surface area (Å²) >= 11 is 7.71. The molecule has 1 N–H and O–H groups in total. The van der Waals surface area contributed by atoms with Crippen LogP contribution in [0.5, 0.6) is 0 Å². The summed E-state index contributed by atoms with van der Waals surface area (Å²) in [5.74, 6) is 0.512. The molecule has 0 atom stereocenters. The lowest BCUT2D eigenvalue weighted by Gasteiger charge is -2.02. The van der Waals surface area contributed by atoms with Crippen molar-refractivity contribution in [3.63, 3.8) is 0 Å². The van der Waals surface area contributed by atoms with Crippen LogP contribution in [-0.4, -0.2) is 27.8 Å². The highest BCUT2D eigenvalue weighted by Gasteiger charge is 2.12. The number of nitrogens with zero attached hydrogens (tertiary/aromatic N) is 2. The average molecular weight is 378 g/mol. The van der Waals surface area contributed by atoms with Gasteiger partial charge in [-0.05, 0) is 41.9 Å². The van der Waals surface area contributed by atoms with Crippen LogP contribution in [0.15, 0.2) is 20.3 Å². The molecule has 0 aliphatic heterocycles. The second-order valence-electron chi connectivity index (χ2n) is 3.99. The van der Waals surface area contributed by atoms with Gasteiger partial charge in [-0.2, -0.15) is 0 Å². The Kier molecular flexibility index (Phi) is 5.37. The number of carbonyl (C=O) groups excluding carboxylic acids is 1. The number of nitrogens with one attached hydrogen (secondary N) is 1. The quantitative estimate of drug-likeness (QED) is 0.604. The second kappa shape index (κ2) is 6.83. The Labute approximate surface area is 132 Å². The van der Waals surface area contributed by atoms with Crippen molar-refractivity contribution < 1.29 is 4.79 Å². The number of rotatable bonds is 6. The van der Waals surface area contributed by atoms with E-state index in [9.17, 15) is 4.79 Å². The molecule has 0 saturated heterocycles. The van der Waals surface area contributed by atoms with E-state index in [4.69, 9.17) is 0 Å². The largest absolute Gasteiger partial charge is 0.358 e. The molecule has 0 aliphatic rings. The average Bonchev–Trinajstić information content (AvgIpc) is 2.94. The maximum absolute atomic E-state index is 11.9. The van der Waals surface area contributed by atoms with Gasteiger partial charge < -0.3 is 5.32 Å². The van der Waals surface area contributed by atoms with Crippen molar-refractivity contribution in [3.05, 3.63) is 20.8 Å². The van der Waals surface area contributed by atoms with Crippen molar-refractivity contribution in [3.8, 4) is 0 Å². The van der Waals surface area contributed by atoms with Crippen molar-refractivity contribution >= 4 is 61.3 Å². The van der Waals surface area contributed by atoms with Gasteiger partial charge in [0.05, 0.1) is 14.4 Å². The van der Waals surface area contributed by atoms with E-state index in [1.807, 2.05) is 26.0 Å². The number of anilines is 1. The van der Waals surface area contributed by atoms with Gasteiger partial charge in [-0.15, -0.1) is 21.5 Å². The third kappa shape index (κ3) is 4.55. The normalized spacial score (nSPS) is 10.9. The van der Waals surface area contributed by atoms with Gasteiger partial charge in [0.2, 0.25) is 5.13 Å². The van der Waals surface area contributed by atoms with Crippen LogP contribution in [-0.2, 0) is 0 Å². The molecule has 0 amide bonds. The summed E-state index contributed by atoms with van der Waals surface area (Å²) in [6, 6.07) is 4.05. The van der Waals surface area contributed by atoms with Crippen LogP contribution in [0.25, 0.3) is 0 Å². The molecule has 4 nitrogen and oxygen atoms in total. The highest BCUT2D eigenvalue weighted by molar-refractivity contribution is 9.11. The molecule has 0 spiro atoms. The Morgan fingerprint density at radius 1 is 1.42 bits per heavy atom. The minimum atomic E-state index is 0.120. The molecule has 2 heterocycles. The van der Waals surface area contributed by atoms with Gasteiger partial charge in [-0.3, -0.25) is 4.79 Å². The zero-order valence-electron chi connectivity index (χ0n) is 10.3. The van der Waals surface area contributed by atoms with E-state index in [0.29, 0.717) is 11.8 Å². The Morgan fingerprint density at radius 3 is 2.84 bits per heavy atom. The number of hydrogen-bond donors (Lipinski definition) is 1. The van der Waals surface area contributed by atoms with Crippen LogP contribution in [0.2, 0.25) is 0 Å². The van der Waals surface area contributed by atoms with Crippen molar-refractivity contribution in [2.75, 3.05) is 11.1 Å². The van der Waals surface area contributed by atoms with E-state index in [2.05, 4.69) is 31.4 Å². The molecule has 0 aliphatic carbocycles. The van der Waals surface area contributed by atoms with Gasteiger partial charge in [0.1, 0.15) is 0 Å². The Morgan fingerprint density at radius 2 is 2.21 bits per heavy atom. The predicted octanol–water partition coefficient (Wildman–Crippen LogP) is 4.16. The third-order valence-corrected chi connectivity index (χ3v) is 5.65. The van der Waals surface area contributed by atoms with Crippen LogP contribution in [0.3, 0.4) is 0 Å². The monoisotopic (exact) mass is 377 g/mol. The number of thiophene rings is 1. The van der Waals surface area contributed by atoms with Crippen LogP contribution in [0, 0.1) is 0 Å². The van der Waals surface area contributed by atoms with E-state index in [1.54, 1.807) is 0 Å². The van der Waals surface area contributed by atoms with Gasteiger partial charge >= 0.3 is 0 Å². The van der Waals surface area contributed by atoms with Crippen molar-refractivity contribution in [2.45, 2.75) is 24.2 Å².